The Morgan fingerprint density at radius 3 is 2.70 bits per heavy atom. The Balaban J connectivity index is 0.00000264. The molecule has 2 N–H and O–H groups in total. The predicted molar refractivity (Wildman–Crippen MR) is 103 cm³/mol. The van der Waals surface area contributed by atoms with Crippen molar-refractivity contribution in [3.05, 3.63) is 35.4 Å². The number of aryl methyl sites for hydroxylation is 1. The number of thioether (sulfide) groups is 1. The Bertz CT molecular complexity index is 459. The molecule has 1 aliphatic heterocycles. The predicted octanol–water partition coefficient (Wildman–Crippen LogP) is 3.38. The summed E-state index contributed by atoms with van der Waals surface area (Å²) in [5.41, 5.74) is 2.74. The van der Waals surface area contributed by atoms with Crippen LogP contribution >= 0.6 is 24.2 Å². The van der Waals surface area contributed by atoms with Gasteiger partial charge in [0.25, 0.3) is 0 Å². The van der Waals surface area contributed by atoms with Gasteiger partial charge in [0.05, 0.1) is 0 Å². The van der Waals surface area contributed by atoms with Crippen LogP contribution in [0.1, 0.15) is 43.7 Å². The van der Waals surface area contributed by atoms with E-state index in [9.17, 15) is 4.79 Å². The zero-order valence-corrected chi connectivity index (χ0v) is 15.8. The fraction of sp³-hybridized carbons (Fsp3) is 0.611. The molecule has 1 amide bonds. The number of halogens is 1. The van der Waals surface area contributed by atoms with E-state index < -0.39 is 0 Å². The molecule has 5 heteroatoms. The van der Waals surface area contributed by atoms with E-state index in [2.05, 4.69) is 48.7 Å². The van der Waals surface area contributed by atoms with Crippen molar-refractivity contribution in [2.75, 3.05) is 24.6 Å². The van der Waals surface area contributed by atoms with E-state index in [1.54, 1.807) is 0 Å². The summed E-state index contributed by atoms with van der Waals surface area (Å²) in [7, 11) is 0. The maximum absolute atomic E-state index is 11.9. The quantitative estimate of drug-likeness (QED) is 0.736. The molecular formula is C18H29ClN2OS. The molecule has 130 valence electrons. The van der Waals surface area contributed by atoms with Gasteiger partial charge in [-0.25, -0.2) is 0 Å². The average molecular weight is 357 g/mol. The van der Waals surface area contributed by atoms with E-state index in [1.807, 2.05) is 11.8 Å². The highest BCUT2D eigenvalue weighted by atomic mass is 35.5. The first-order valence-corrected chi connectivity index (χ1v) is 9.47. The Hall–Kier alpha value is -0.710. The topological polar surface area (TPSA) is 41.1 Å². The summed E-state index contributed by atoms with van der Waals surface area (Å²) in [6, 6.07) is 9.19. The monoisotopic (exact) mass is 356 g/mol. The second kappa shape index (κ2) is 11.0. The summed E-state index contributed by atoms with van der Waals surface area (Å²) in [5, 5.41) is 6.44. The second-order valence-electron chi connectivity index (χ2n) is 6.28. The number of hydrogen-bond acceptors (Lipinski definition) is 3. The normalized spacial score (nSPS) is 17.6. The van der Waals surface area contributed by atoms with Crippen LogP contribution in [-0.4, -0.2) is 36.5 Å². The molecule has 1 heterocycles. The minimum absolute atomic E-state index is 0. The maximum Gasteiger partial charge on any atom is 0.221 e. The molecule has 1 aromatic rings. The number of rotatable bonds is 7. The molecule has 0 spiro atoms. The largest absolute Gasteiger partial charge is 0.356 e. The smallest absolute Gasteiger partial charge is 0.221 e. The molecule has 0 saturated carbocycles. The Morgan fingerprint density at radius 2 is 2.09 bits per heavy atom. The van der Waals surface area contributed by atoms with Gasteiger partial charge in [0.2, 0.25) is 5.91 Å². The molecule has 1 unspecified atom stereocenters. The summed E-state index contributed by atoms with van der Waals surface area (Å²) in [5.74, 6) is 2.97. The van der Waals surface area contributed by atoms with Gasteiger partial charge in [-0.15, -0.1) is 12.4 Å². The van der Waals surface area contributed by atoms with Gasteiger partial charge < -0.3 is 10.6 Å². The van der Waals surface area contributed by atoms with Crippen molar-refractivity contribution < 1.29 is 4.79 Å². The first-order valence-electron chi connectivity index (χ1n) is 8.32. The van der Waals surface area contributed by atoms with Gasteiger partial charge in [-0.3, -0.25) is 4.79 Å². The first-order chi connectivity index (χ1) is 10.6. The van der Waals surface area contributed by atoms with Crippen LogP contribution in [-0.2, 0) is 11.2 Å². The third kappa shape index (κ3) is 7.60. The molecule has 0 bridgehead atoms. The van der Waals surface area contributed by atoms with E-state index in [1.165, 1.54) is 11.1 Å². The third-order valence-corrected chi connectivity index (χ3v) is 5.17. The number of amides is 1. The van der Waals surface area contributed by atoms with E-state index in [0.29, 0.717) is 18.4 Å². The van der Waals surface area contributed by atoms with Crippen LogP contribution in [0.25, 0.3) is 0 Å². The number of hydrogen-bond donors (Lipinski definition) is 2. The van der Waals surface area contributed by atoms with Gasteiger partial charge in [-0.1, -0.05) is 38.1 Å². The summed E-state index contributed by atoms with van der Waals surface area (Å²) in [4.78, 5) is 11.9. The second-order valence-corrected chi connectivity index (χ2v) is 7.43. The fourth-order valence-electron chi connectivity index (χ4n) is 2.64. The van der Waals surface area contributed by atoms with Crippen molar-refractivity contribution in [3.8, 4) is 0 Å². The van der Waals surface area contributed by atoms with Gasteiger partial charge >= 0.3 is 0 Å². The number of nitrogens with one attached hydrogen (secondary N) is 2. The molecular weight excluding hydrogens is 328 g/mol. The number of carbonyl (C=O) groups is 1. The molecule has 1 fully saturated rings. The van der Waals surface area contributed by atoms with Crippen LogP contribution in [0.15, 0.2) is 24.3 Å². The van der Waals surface area contributed by atoms with Gasteiger partial charge in [0, 0.05) is 37.1 Å². The van der Waals surface area contributed by atoms with Gasteiger partial charge in [-0.2, -0.15) is 11.8 Å². The van der Waals surface area contributed by atoms with Gasteiger partial charge in [-0.05, 0) is 29.9 Å². The lowest BCUT2D eigenvalue weighted by Crippen LogP contribution is -2.41. The zero-order valence-electron chi connectivity index (χ0n) is 14.1. The summed E-state index contributed by atoms with van der Waals surface area (Å²) in [6.45, 7) is 6.22. The molecule has 23 heavy (non-hydrogen) atoms. The van der Waals surface area contributed by atoms with Crippen LogP contribution < -0.4 is 10.6 Å². The third-order valence-electron chi connectivity index (χ3n) is 4.04. The standard InChI is InChI=1S/C18H28N2OS.ClH/c1-14(2)16-7-5-15(6-8-16)4-3-9-20-18(21)12-17-13-22-11-10-19-17;/h5-8,14,17,19H,3-4,9-13H2,1-2H3,(H,20,21);1H. The van der Waals surface area contributed by atoms with E-state index in [0.717, 1.165) is 37.4 Å². The first kappa shape index (κ1) is 20.3. The molecule has 3 nitrogen and oxygen atoms in total. The molecule has 0 radical (unpaired) electrons. The van der Waals surface area contributed by atoms with E-state index in [4.69, 9.17) is 0 Å². The van der Waals surface area contributed by atoms with Crippen molar-refractivity contribution in [3.63, 3.8) is 0 Å². The van der Waals surface area contributed by atoms with Crippen molar-refractivity contribution in [2.45, 2.75) is 45.1 Å². The Morgan fingerprint density at radius 1 is 1.35 bits per heavy atom. The molecule has 2 rings (SSSR count). The van der Waals surface area contributed by atoms with Gasteiger partial charge in [0.1, 0.15) is 0 Å². The maximum atomic E-state index is 11.9. The minimum atomic E-state index is 0. The highest BCUT2D eigenvalue weighted by Crippen LogP contribution is 2.15. The van der Waals surface area contributed by atoms with Gasteiger partial charge in [0.15, 0.2) is 0 Å². The Labute approximate surface area is 150 Å². The van der Waals surface area contributed by atoms with Crippen molar-refractivity contribution in [2.24, 2.45) is 0 Å². The van der Waals surface area contributed by atoms with Crippen LogP contribution in [0, 0.1) is 0 Å². The molecule has 0 aromatic heterocycles. The van der Waals surface area contributed by atoms with Crippen molar-refractivity contribution >= 4 is 30.1 Å². The summed E-state index contributed by atoms with van der Waals surface area (Å²) >= 11 is 1.93. The van der Waals surface area contributed by atoms with E-state index in [-0.39, 0.29) is 18.3 Å². The molecule has 0 aliphatic carbocycles. The van der Waals surface area contributed by atoms with Crippen molar-refractivity contribution in [1.29, 1.82) is 0 Å². The van der Waals surface area contributed by atoms with Crippen LogP contribution in [0.5, 0.6) is 0 Å². The highest BCUT2D eigenvalue weighted by molar-refractivity contribution is 7.99. The lowest BCUT2D eigenvalue weighted by molar-refractivity contribution is -0.121. The Kier molecular flexibility index (Phi) is 9.68. The average Bonchev–Trinajstić information content (AvgIpc) is 2.53. The molecule has 1 aromatic carbocycles. The van der Waals surface area contributed by atoms with Crippen LogP contribution in [0.3, 0.4) is 0 Å². The zero-order chi connectivity index (χ0) is 15.8. The summed E-state index contributed by atoms with van der Waals surface area (Å²) < 4.78 is 0. The van der Waals surface area contributed by atoms with Crippen LogP contribution in [0.2, 0.25) is 0 Å². The highest BCUT2D eigenvalue weighted by Gasteiger charge is 2.16. The lowest BCUT2D eigenvalue weighted by Gasteiger charge is -2.22. The summed E-state index contributed by atoms with van der Waals surface area (Å²) in [6.07, 6.45) is 2.63. The van der Waals surface area contributed by atoms with Crippen LogP contribution in [0.4, 0.5) is 0 Å². The SMILES string of the molecule is CC(C)c1ccc(CCCNC(=O)CC2CSCCN2)cc1.Cl. The molecule has 1 atom stereocenters. The minimum Gasteiger partial charge on any atom is -0.356 e. The fourth-order valence-corrected chi connectivity index (χ4v) is 3.59. The lowest BCUT2D eigenvalue weighted by atomic mass is 10.0. The number of carbonyl (C=O) groups excluding carboxylic acids is 1. The molecule has 1 aliphatic rings. The van der Waals surface area contributed by atoms with Crippen molar-refractivity contribution in [1.82, 2.24) is 10.6 Å². The molecule has 1 saturated heterocycles. The number of benzene rings is 1. The van der Waals surface area contributed by atoms with E-state index >= 15 is 0 Å².